The summed E-state index contributed by atoms with van der Waals surface area (Å²) in [6.07, 6.45) is 7.06. The number of carbonyl (C=O) groups is 1. The van der Waals surface area contributed by atoms with Crippen LogP contribution in [0.1, 0.15) is 58.1 Å². The fourth-order valence-corrected chi connectivity index (χ4v) is 2.74. The van der Waals surface area contributed by atoms with Crippen LogP contribution >= 0.6 is 11.3 Å². The highest BCUT2D eigenvalue weighted by molar-refractivity contribution is 7.13. The number of carboxylic acid groups (broad SMARTS) is 1. The number of anilines is 1. The van der Waals surface area contributed by atoms with Crippen LogP contribution in [0.15, 0.2) is 5.38 Å². The number of aromatic nitrogens is 1. The Morgan fingerprint density at radius 2 is 2.10 bits per heavy atom. The molecule has 0 aliphatic carbocycles. The quantitative estimate of drug-likeness (QED) is 0.602. The van der Waals surface area contributed by atoms with Gasteiger partial charge in [-0.15, -0.1) is 11.3 Å². The molecule has 0 bridgehead atoms. The Balaban J connectivity index is 2.06. The number of hydrogen-bond acceptors (Lipinski definition) is 4. The van der Waals surface area contributed by atoms with Gasteiger partial charge in [0.15, 0.2) is 5.13 Å². The molecule has 0 saturated carbocycles. The summed E-state index contributed by atoms with van der Waals surface area (Å²) in [5.41, 5.74) is 0.872. The van der Waals surface area contributed by atoms with Crippen molar-refractivity contribution in [3.05, 3.63) is 11.1 Å². The third kappa shape index (κ3) is 8.15. The van der Waals surface area contributed by atoms with Gasteiger partial charge in [-0.1, -0.05) is 39.5 Å². The minimum Gasteiger partial charge on any atom is -0.481 e. The average molecular weight is 298 g/mol. The van der Waals surface area contributed by atoms with Gasteiger partial charge in [0, 0.05) is 18.3 Å². The second kappa shape index (κ2) is 9.75. The zero-order chi connectivity index (χ0) is 14.8. The lowest BCUT2D eigenvalue weighted by molar-refractivity contribution is -0.136. The van der Waals surface area contributed by atoms with Crippen LogP contribution in [-0.4, -0.2) is 22.6 Å². The van der Waals surface area contributed by atoms with Crippen LogP contribution in [0.4, 0.5) is 5.13 Å². The highest BCUT2D eigenvalue weighted by Crippen LogP contribution is 2.17. The summed E-state index contributed by atoms with van der Waals surface area (Å²) in [7, 11) is 0. The van der Waals surface area contributed by atoms with E-state index in [9.17, 15) is 4.79 Å². The SMILES string of the molecule is CC(C)CCCCCCNc1nc(CCC(=O)O)cs1. The molecule has 1 rings (SSSR count). The number of carboxylic acids is 1. The smallest absolute Gasteiger partial charge is 0.303 e. The van der Waals surface area contributed by atoms with Crippen molar-refractivity contribution in [3.63, 3.8) is 0 Å². The zero-order valence-electron chi connectivity index (χ0n) is 12.5. The van der Waals surface area contributed by atoms with Gasteiger partial charge in [-0.25, -0.2) is 4.98 Å². The van der Waals surface area contributed by atoms with E-state index < -0.39 is 5.97 Å². The van der Waals surface area contributed by atoms with E-state index in [0.717, 1.165) is 23.3 Å². The van der Waals surface area contributed by atoms with Crippen LogP contribution in [0, 0.1) is 5.92 Å². The first kappa shape index (κ1) is 17.0. The number of aliphatic carboxylic acids is 1. The summed E-state index contributed by atoms with van der Waals surface area (Å²) in [5, 5.41) is 14.8. The summed E-state index contributed by atoms with van der Waals surface area (Å²) in [6.45, 7) is 5.49. The van der Waals surface area contributed by atoms with E-state index in [0.29, 0.717) is 6.42 Å². The molecule has 0 aliphatic rings. The summed E-state index contributed by atoms with van der Waals surface area (Å²) in [5.74, 6) is 0.0431. The van der Waals surface area contributed by atoms with E-state index in [2.05, 4.69) is 24.1 Å². The second-order valence-electron chi connectivity index (χ2n) is 5.56. The lowest BCUT2D eigenvalue weighted by Crippen LogP contribution is -2.02. The van der Waals surface area contributed by atoms with Crippen molar-refractivity contribution in [3.8, 4) is 0 Å². The lowest BCUT2D eigenvalue weighted by atomic mass is 10.0. The maximum Gasteiger partial charge on any atom is 0.303 e. The Kier molecular flexibility index (Phi) is 8.26. The van der Waals surface area contributed by atoms with Gasteiger partial charge in [0.25, 0.3) is 0 Å². The fraction of sp³-hybridized carbons (Fsp3) is 0.733. The van der Waals surface area contributed by atoms with Gasteiger partial charge in [0.2, 0.25) is 0 Å². The van der Waals surface area contributed by atoms with Gasteiger partial charge in [-0.2, -0.15) is 0 Å². The molecule has 0 atom stereocenters. The van der Waals surface area contributed by atoms with Crippen molar-refractivity contribution >= 4 is 22.4 Å². The Bertz CT molecular complexity index is 391. The van der Waals surface area contributed by atoms with Crippen molar-refractivity contribution in [2.45, 2.75) is 58.8 Å². The molecule has 0 unspecified atom stereocenters. The summed E-state index contributed by atoms with van der Waals surface area (Å²) < 4.78 is 0. The molecule has 0 spiro atoms. The molecule has 2 N–H and O–H groups in total. The fourth-order valence-electron chi connectivity index (χ4n) is 1.96. The molecule has 114 valence electrons. The van der Waals surface area contributed by atoms with E-state index in [1.165, 1.54) is 32.1 Å². The molecule has 5 heteroatoms. The summed E-state index contributed by atoms with van der Waals surface area (Å²) in [4.78, 5) is 14.9. The van der Waals surface area contributed by atoms with Crippen LogP contribution in [0.2, 0.25) is 0 Å². The van der Waals surface area contributed by atoms with Crippen LogP contribution in [0.3, 0.4) is 0 Å². The molecule has 1 aromatic heterocycles. The van der Waals surface area contributed by atoms with Crippen LogP contribution < -0.4 is 5.32 Å². The van der Waals surface area contributed by atoms with Gasteiger partial charge in [-0.05, 0) is 12.3 Å². The Morgan fingerprint density at radius 3 is 2.80 bits per heavy atom. The Hall–Kier alpha value is -1.10. The molecule has 0 aliphatic heterocycles. The van der Waals surface area contributed by atoms with Crippen LogP contribution in [0.5, 0.6) is 0 Å². The second-order valence-corrected chi connectivity index (χ2v) is 6.42. The first-order valence-corrected chi connectivity index (χ1v) is 8.36. The topological polar surface area (TPSA) is 62.2 Å². The number of nitrogens with one attached hydrogen (secondary N) is 1. The number of nitrogens with zero attached hydrogens (tertiary/aromatic N) is 1. The van der Waals surface area contributed by atoms with E-state index >= 15 is 0 Å². The third-order valence-electron chi connectivity index (χ3n) is 3.13. The predicted octanol–water partition coefficient (Wildman–Crippen LogP) is 4.18. The first-order valence-electron chi connectivity index (χ1n) is 7.48. The highest BCUT2D eigenvalue weighted by Gasteiger charge is 2.04. The lowest BCUT2D eigenvalue weighted by Gasteiger charge is -2.05. The Morgan fingerprint density at radius 1 is 1.35 bits per heavy atom. The maximum atomic E-state index is 10.5. The van der Waals surface area contributed by atoms with Crippen LogP contribution in [-0.2, 0) is 11.2 Å². The molecule has 4 nitrogen and oxygen atoms in total. The average Bonchev–Trinajstić information content (AvgIpc) is 2.83. The Labute approximate surface area is 125 Å². The van der Waals surface area contributed by atoms with Crippen molar-refractivity contribution in [1.29, 1.82) is 0 Å². The zero-order valence-corrected chi connectivity index (χ0v) is 13.3. The predicted molar refractivity (Wildman–Crippen MR) is 84.5 cm³/mol. The first-order chi connectivity index (χ1) is 9.58. The van der Waals surface area contributed by atoms with Crippen molar-refractivity contribution in [1.82, 2.24) is 4.98 Å². The minimum absolute atomic E-state index is 0.152. The van der Waals surface area contributed by atoms with Crippen molar-refractivity contribution in [2.24, 2.45) is 5.92 Å². The number of rotatable bonds is 11. The molecular formula is C15H26N2O2S. The third-order valence-corrected chi connectivity index (χ3v) is 3.98. The molecule has 0 saturated heterocycles. The van der Waals surface area contributed by atoms with E-state index in [-0.39, 0.29) is 6.42 Å². The largest absolute Gasteiger partial charge is 0.481 e. The van der Waals surface area contributed by atoms with Gasteiger partial charge in [0.1, 0.15) is 0 Å². The van der Waals surface area contributed by atoms with Gasteiger partial charge in [0.05, 0.1) is 12.1 Å². The van der Waals surface area contributed by atoms with Crippen LogP contribution in [0.25, 0.3) is 0 Å². The normalized spacial score (nSPS) is 10.9. The molecule has 0 radical (unpaired) electrons. The molecule has 0 fully saturated rings. The number of unbranched alkanes of at least 4 members (excludes halogenated alkanes) is 3. The molecule has 1 heterocycles. The van der Waals surface area contributed by atoms with Gasteiger partial charge in [-0.3, -0.25) is 4.79 Å². The van der Waals surface area contributed by atoms with Gasteiger partial charge >= 0.3 is 5.97 Å². The summed E-state index contributed by atoms with van der Waals surface area (Å²) >= 11 is 1.56. The number of thiazole rings is 1. The molecule has 0 aromatic carbocycles. The number of aryl methyl sites for hydroxylation is 1. The monoisotopic (exact) mass is 298 g/mol. The van der Waals surface area contributed by atoms with E-state index in [4.69, 9.17) is 5.11 Å². The minimum atomic E-state index is -0.770. The molecular weight excluding hydrogens is 272 g/mol. The molecule has 0 amide bonds. The van der Waals surface area contributed by atoms with Crippen molar-refractivity contribution in [2.75, 3.05) is 11.9 Å². The van der Waals surface area contributed by atoms with E-state index in [1.807, 2.05) is 5.38 Å². The van der Waals surface area contributed by atoms with E-state index in [1.54, 1.807) is 11.3 Å². The summed E-state index contributed by atoms with van der Waals surface area (Å²) in [6, 6.07) is 0. The standard InChI is InChI=1S/C15H26N2O2S/c1-12(2)7-5-3-4-6-10-16-15-17-13(11-20-15)8-9-14(18)19/h11-12H,3-10H2,1-2H3,(H,16,17)(H,18,19). The highest BCUT2D eigenvalue weighted by atomic mass is 32.1. The molecule has 20 heavy (non-hydrogen) atoms. The maximum absolute atomic E-state index is 10.5. The van der Waals surface area contributed by atoms with Gasteiger partial charge < -0.3 is 10.4 Å². The van der Waals surface area contributed by atoms with Crippen molar-refractivity contribution < 1.29 is 9.90 Å². The molecule has 1 aromatic rings. The number of hydrogen-bond donors (Lipinski definition) is 2.